The summed E-state index contributed by atoms with van der Waals surface area (Å²) in [6, 6.07) is 5.58. The first-order valence-electron chi connectivity index (χ1n) is 6.74. The second kappa shape index (κ2) is 6.34. The highest BCUT2D eigenvalue weighted by atomic mass is 32.2. The first-order chi connectivity index (χ1) is 9.98. The summed E-state index contributed by atoms with van der Waals surface area (Å²) in [5.41, 5.74) is 0.198. The number of sulfone groups is 1. The third-order valence-corrected chi connectivity index (χ3v) is 6.20. The van der Waals surface area contributed by atoms with Gasteiger partial charge in [0.1, 0.15) is 5.69 Å². The van der Waals surface area contributed by atoms with Crippen LogP contribution < -0.4 is 0 Å². The second-order valence-electron chi connectivity index (χ2n) is 5.13. The van der Waals surface area contributed by atoms with Crippen LogP contribution in [0.25, 0.3) is 0 Å². The molecule has 1 aromatic rings. The lowest BCUT2D eigenvalue weighted by Gasteiger charge is -2.26. The maximum absolute atomic E-state index is 12.5. The topological polar surface area (TPSA) is 89.9 Å². The lowest BCUT2D eigenvalue weighted by molar-refractivity contribution is -0.146. The van der Waals surface area contributed by atoms with Crippen LogP contribution in [0.15, 0.2) is 34.3 Å². The molecule has 1 aliphatic carbocycles. The molecule has 0 bridgehead atoms. The van der Waals surface area contributed by atoms with Gasteiger partial charge < -0.3 is 4.74 Å². The number of hydrogen-bond donors (Lipinski definition) is 0. The number of nitrogens with zero attached hydrogens (tertiary/aromatic N) is 1. The van der Waals surface area contributed by atoms with Crippen LogP contribution in [-0.4, -0.2) is 26.7 Å². The number of methoxy groups -OCH3 is 1. The third kappa shape index (κ3) is 3.29. The predicted octanol–water partition coefficient (Wildman–Crippen LogP) is 2.59. The van der Waals surface area contributed by atoms with Crippen molar-refractivity contribution in [2.24, 2.45) is 11.1 Å². The van der Waals surface area contributed by atoms with Crippen LogP contribution in [0.2, 0.25) is 0 Å². The summed E-state index contributed by atoms with van der Waals surface area (Å²) < 4.78 is 29.7. The molecule has 1 saturated carbocycles. The van der Waals surface area contributed by atoms with Gasteiger partial charge in [0, 0.05) is 0 Å². The van der Waals surface area contributed by atoms with Gasteiger partial charge in [-0.15, -0.1) is 4.91 Å². The molecule has 1 aromatic carbocycles. The summed E-state index contributed by atoms with van der Waals surface area (Å²) in [5.74, 6) is -0.477. The number of benzene rings is 1. The van der Waals surface area contributed by atoms with E-state index in [1.165, 1.54) is 31.4 Å². The van der Waals surface area contributed by atoms with Gasteiger partial charge in [0.15, 0.2) is 9.84 Å². The zero-order valence-electron chi connectivity index (χ0n) is 11.7. The fourth-order valence-electron chi connectivity index (χ4n) is 2.66. The Morgan fingerprint density at radius 2 is 1.71 bits per heavy atom. The van der Waals surface area contributed by atoms with Gasteiger partial charge in [0.05, 0.1) is 23.2 Å². The Labute approximate surface area is 123 Å². The molecule has 114 valence electrons. The van der Waals surface area contributed by atoms with Gasteiger partial charge in [0.2, 0.25) is 0 Å². The molecule has 0 unspecified atom stereocenters. The average molecular weight is 311 g/mol. The number of carbonyl (C=O) groups excluding carboxylic acids is 1. The van der Waals surface area contributed by atoms with Gasteiger partial charge in [-0.05, 0) is 55.1 Å². The highest BCUT2D eigenvalue weighted by Crippen LogP contribution is 2.32. The molecule has 0 atom stereocenters. The van der Waals surface area contributed by atoms with Crippen LogP contribution in [0.3, 0.4) is 0 Å². The Morgan fingerprint density at radius 1 is 1.14 bits per heavy atom. The molecule has 0 aliphatic heterocycles. The molecule has 1 aliphatic rings. The van der Waals surface area contributed by atoms with Crippen molar-refractivity contribution in [3.05, 3.63) is 29.2 Å². The normalized spacial score (nSPS) is 22.5. The minimum Gasteiger partial charge on any atom is -0.469 e. The van der Waals surface area contributed by atoms with E-state index in [0.29, 0.717) is 25.7 Å². The second-order valence-corrected chi connectivity index (χ2v) is 7.36. The maximum Gasteiger partial charge on any atom is 0.308 e. The fraction of sp³-hybridized carbons (Fsp3) is 0.500. The Hall–Kier alpha value is -1.76. The molecule has 0 aromatic heterocycles. The number of carbonyl (C=O) groups is 1. The first-order valence-corrected chi connectivity index (χ1v) is 8.29. The van der Waals surface area contributed by atoms with E-state index in [2.05, 4.69) is 5.18 Å². The van der Waals surface area contributed by atoms with E-state index < -0.39 is 15.1 Å². The maximum atomic E-state index is 12.5. The number of esters is 1. The molecule has 0 N–H and O–H groups in total. The molecule has 7 heteroatoms. The molecule has 2 rings (SSSR count). The van der Waals surface area contributed by atoms with Gasteiger partial charge in [-0.3, -0.25) is 4.79 Å². The van der Waals surface area contributed by atoms with Crippen LogP contribution >= 0.6 is 0 Å². The lowest BCUT2D eigenvalue weighted by atomic mass is 9.89. The van der Waals surface area contributed by atoms with Crippen molar-refractivity contribution in [2.45, 2.75) is 35.8 Å². The van der Waals surface area contributed by atoms with E-state index in [-0.39, 0.29) is 22.5 Å². The summed E-state index contributed by atoms with van der Waals surface area (Å²) in [6.45, 7) is 0. The lowest BCUT2D eigenvalue weighted by Crippen LogP contribution is -2.30. The van der Waals surface area contributed by atoms with Crippen molar-refractivity contribution in [2.75, 3.05) is 7.11 Å². The molecule has 0 amide bonds. The molecule has 21 heavy (non-hydrogen) atoms. The quantitative estimate of drug-likeness (QED) is 0.629. The number of rotatable bonds is 4. The Morgan fingerprint density at radius 3 is 2.19 bits per heavy atom. The summed E-state index contributed by atoms with van der Waals surface area (Å²) in [5, 5.41) is 2.26. The highest BCUT2D eigenvalue weighted by Gasteiger charge is 2.34. The van der Waals surface area contributed by atoms with Crippen molar-refractivity contribution in [1.29, 1.82) is 0 Å². The standard InChI is InChI=1S/C14H17NO5S/c1-20-14(16)10-2-6-12(7-3-10)21(18,19)13-8-4-11(15-17)5-9-13/h4-5,8-10,12H,2-3,6-7H2,1H3/t10-,12+. The van der Waals surface area contributed by atoms with E-state index in [4.69, 9.17) is 4.74 Å². The van der Waals surface area contributed by atoms with Crippen LogP contribution in [0.5, 0.6) is 0 Å². The van der Waals surface area contributed by atoms with Crippen LogP contribution in [-0.2, 0) is 19.4 Å². The van der Waals surface area contributed by atoms with Gasteiger partial charge in [-0.1, -0.05) is 0 Å². The number of nitroso groups, excluding NO2 is 1. The largest absolute Gasteiger partial charge is 0.469 e. The molecular weight excluding hydrogens is 294 g/mol. The zero-order chi connectivity index (χ0) is 15.5. The van der Waals surface area contributed by atoms with E-state index in [1.807, 2.05) is 0 Å². The first kappa shape index (κ1) is 15.6. The van der Waals surface area contributed by atoms with Gasteiger partial charge in [-0.25, -0.2) is 8.42 Å². The minimum atomic E-state index is -3.44. The number of hydrogen-bond acceptors (Lipinski definition) is 6. The van der Waals surface area contributed by atoms with Crippen molar-refractivity contribution in [3.8, 4) is 0 Å². The summed E-state index contributed by atoms with van der Waals surface area (Å²) in [6.07, 6.45) is 1.92. The summed E-state index contributed by atoms with van der Waals surface area (Å²) >= 11 is 0. The van der Waals surface area contributed by atoms with Crippen molar-refractivity contribution < 1.29 is 17.9 Å². The van der Waals surface area contributed by atoms with Gasteiger partial charge in [-0.2, -0.15) is 0 Å². The number of ether oxygens (including phenoxy) is 1. The van der Waals surface area contributed by atoms with Crippen molar-refractivity contribution in [1.82, 2.24) is 0 Å². The van der Waals surface area contributed by atoms with E-state index >= 15 is 0 Å². The van der Waals surface area contributed by atoms with E-state index in [1.54, 1.807) is 0 Å². The van der Waals surface area contributed by atoms with Crippen molar-refractivity contribution in [3.63, 3.8) is 0 Å². The summed E-state index contributed by atoms with van der Waals surface area (Å²) in [7, 11) is -2.10. The Balaban J connectivity index is 2.10. The molecule has 0 heterocycles. The molecule has 0 radical (unpaired) electrons. The van der Waals surface area contributed by atoms with Crippen LogP contribution in [0, 0.1) is 10.8 Å². The molecular formula is C14H17NO5S. The third-order valence-electron chi connectivity index (χ3n) is 3.92. The molecule has 0 saturated heterocycles. The zero-order valence-corrected chi connectivity index (χ0v) is 12.5. The Bertz CT molecular complexity index is 615. The van der Waals surface area contributed by atoms with Crippen LogP contribution in [0.1, 0.15) is 25.7 Å². The molecule has 6 nitrogen and oxygen atoms in total. The van der Waals surface area contributed by atoms with Crippen molar-refractivity contribution >= 4 is 21.5 Å². The van der Waals surface area contributed by atoms with E-state index in [9.17, 15) is 18.1 Å². The predicted molar refractivity (Wildman–Crippen MR) is 76.8 cm³/mol. The van der Waals surface area contributed by atoms with Gasteiger partial charge >= 0.3 is 5.97 Å². The van der Waals surface area contributed by atoms with Crippen LogP contribution in [0.4, 0.5) is 5.69 Å². The Kier molecular flexibility index (Phi) is 4.72. The minimum absolute atomic E-state index is 0.191. The fourth-order valence-corrected chi connectivity index (χ4v) is 4.46. The monoisotopic (exact) mass is 311 g/mol. The summed E-state index contributed by atoms with van der Waals surface area (Å²) in [4.78, 5) is 22.0. The SMILES string of the molecule is COC(=O)[C@H]1CC[C@@H](S(=O)(=O)c2ccc(N=O)cc2)CC1. The average Bonchev–Trinajstić information content (AvgIpc) is 2.54. The molecule has 0 spiro atoms. The molecule has 1 fully saturated rings. The van der Waals surface area contributed by atoms with E-state index in [0.717, 1.165) is 0 Å². The highest BCUT2D eigenvalue weighted by molar-refractivity contribution is 7.92. The smallest absolute Gasteiger partial charge is 0.308 e. The van der Waals surface area contributed by atoms with Gasteiger partial charge in [0.25, 0.3) is 0 Å².